The van der Waals surface area contributed by atoms with Crippen molar-refractivity contribution in [2.24, 2.45) is 0 Å². The van der Waals surface area contributed by atoms with E-state index in [0.29, 0.717) is 28.6 Å². The third-order valence-corrected chi connectivity index (χ3v) is 7.66. The van der Waals surface area contributed by atoms with E-state index in [1.807, 2.05) is 36.4 Å². The van der Waals surface area contributed by atoms with Crippen LogP contribution in [0.5, 0.6) is 0 Å². The predicted molar refractivity (Wildman–Crippen MR) is 124 cm³/mol. The predicted octanol–water partition coefficient (Wildman–Crippen LogP) is 6.71. The number of piperidine rings is 1. The minimum atomic E-state index is -0.721. The van der Waals surface area contributed by atoms with E-state index < -0.39 is 5.41 Å². The van der Waals surface area contributed by atoms with Crippen molar-refractivity contribution in [1.29, 1.82) is 5.26 Å². The maximum absolute atomic E-state index is 13.5. The Morgan fingerprint density at radius 3 is 1.97 bits per heavy atom. The van der Waals surface area contributed by atoms with E-state index in [-0.39, 0.29) is 23.9 Å². The van der Waals surface area contributed by atoms with E-state index in [0.717, 1.165) is 24.0 Å². The number of hydrogen-bond donors (Lipinski definition) is 0. The van der Waals surface area contributed by atoms with Crippen molar-refractivity contribution < 1.29 is 4.39 Å². The summed E-state index contributed by atoms with van der Waals surface area (Å²) in [6, 6.07) is 21.6. The van der Waals surface area contributed by atoms with Crippen LogP contribution in [0.25, 0.3) is 0 Å². The standard InChI is InChI=1S/C26H22Cl2FN3/c27-22-7-3-1-5-20(22)25(21-6-2-4-8-23(21)28)32-18-10-11-19(32)14-26(13-18,16-30)24-12-9-17(29)15-31-24/h1-9,12,15,18-19,25H,10-11,13-14H2. The molecule has 32 heavy (non-hydrogen) atoms. The van der Waals surface area contributed by atoms with Crippen LogP contribution in [0.2, 0.25) is 10.0 Å². The van der Waals surface area contributed by atoms with Crippen molar-refractivity contribution >= 4 is 23.2 Å². The Morgan fingerprint density at radius 2 is 1.50 bits per heavy atom. The molecule has 1 aromatic heterocycles. The highest BCUT2D eigenvalue weighted by Gasteiger charge is 2.52. The van der Waals surface area contributed by atoms with Crippen LogP contribution in [-0.4, -0.2) is 22.0 Å². The highest BCUT2D eigenvalue weighted by atomic mass is 35.5. The summed E-state index contributed by atoms with van der Waals surface area (Å²) < 4.78 is 13.5. The lowest BCUT2D eigenvalue weighted by atomic mass is 9.72. The lowest BCUT2D eigenvalue weighted by Crippen LogP contribution is -2.51. The first-order valence-corrected chi connectivity index (χ1v) is 11.6. The monoisotopic (exact) mass is 465 g/mol. The molecule has 2 fully saturated rings. The normalized spacial score (nSPS) is 25.1. The molecule has 2 unspecified atom stereocenters. The molecule has 0 radical (unpaired) electrons. The van der Waals surface area contributed by atoms with Gasteiger partial charge < -0.3 is 0 Å². The molecule has 3 nitrogen and oxygen atoms in total. The van der Waals surface area contributed by atoms with Gasteiger partial charge in [-0.15, -0.1) is 0 Å². The van der Waals surface area contributed by atoms with Gasteiger partial charge in [0, 0.05) is 22.1 Å². The fourth-order valence-corrected chi connectivity index (χ4v) is 6.08. The van der Waals surface area contributed by atoms with E-state index in [9.17, 15) is 9.65 Å². The molecule has 2 aromatic carbocycles. The second-order valence-electron chi connectivity index (χ2n) is 8.74. The first-order chi connectivity index (χ1) is 15.5. The maximum atomic E-state index is 13.5. The zero-order valence-corrected chi connectivity index (χ0v) is 18.9. The first-order valence-electron chi connectivity index (χ1n) is 10.8. The van der Waals surface area contributed by atoms with Crippen LogP contribution in [0.3, 0.4) is 0 Å². The van der Waals surface area contributed by atoms with Crippen molar-refractivity contribution in [3.63, 3.8) is 0 Å². The van der Waals surface area contributed by atoms with Crippen molar-refractivity contribution in [3.8, 4) is 6.07 Å². The minimum absolute atomic E-state index is 0.104. The van der Waals surface area contributed by atoms with Gasteiger partial charge in [-0.25, -0.2) is 4.39 Å². The summed E-state index contributed by atoms with van der Waals surface area (Å²) in [4.78, 5) is 6.80. The molecule has 3 heterocycles. The van der Waals surface area contributed by atoms with E-state index in [1.54, 1.807) is 6.07 Å². The van der Waals surface area contributed by atoms with Crippen molar-refractivity contribution in [1.82, 2.24) is 9.88 Å². The van der Waals surface area contributed by atoms with Crippen molar-refractivity contribution in [2.45, 2.75) is 49.2 Å². The Bertz CT molecular complexity index is 1110. The summed E-state index contributed by atoms with van der Waals surface area (Å²) in [5, 5.41) is 11.6. The summed E-state index contributed by atoms with van der Waals surface area (Å²) in [6.45, 7) is 0. The zero-order valence-electron chi connectivity index (χ0n) is 17.4. The fourth-order valence-electron chi connectivity index (χ4n) is 5.60. The van der Waals surface area contributed by atoms with Crippen LogP contribution < -0.4 is 0 Å². The lowest BCUT2D eigenvalue weighted by molar-refractivity contribution is 0.0740. The zero-order chi connectivity index (χ0) is 22.3. The Kier molecular flexibility index (Phi) is 5.67. The first kappa shape index (κ1) is 21.4. The molecule has 2 bridgehead atoms. The summed E-state index contributed by atoms with van der Waals surface area (Å²) in [6.07, 6.45) is 4.47. The molecule has 0 amide bonds. The van der Waals surface area contributed by atoms with Crippen molar-refractivity contribution in [2.75, 3.05) is 0 Å². The molecule has 2 aliphatic rings. The number of hydrogen-bond acceptors (Lipinski definition) is 3. The number of fused-ring (bicyclic) bond motifs is 2. The number of aromatic nitrogens is 1. The number of rotatable bonds is 4. The Balaban J connectivity index is 1.58. The largest absolute Gasteiger partial charge is 0.286 e. The van der Waals surface area contributed by atoms with Gasteiger partial charge in [-0.1, -0.05) is 59.6 Å². The van der Waals surface area contributed by atoms with Crippen LogP contribution >= 0.6 is 23.2 Å². The smallest absolute Gasteiger partial charge is 0.141 e. The van der Waals surface area contributed by atoms with E-state index in [1.165, 1.54) is 12.3 Å². The molecular formula is C26H22Cl2FN3. The fraction of sp³-hybridized carbons (Fsp3) is 0.308. The summed E-state index contributed by atoms with van der Waals surface area (Å²) in [5.74, 6) is -0.389. The van der Waals surface area contributed by atoms with E-state index in [2.05, 4.69) is 28.1 Å². The number of halogens is 3. The third-order valence-electron chi connectivity index (χ3n) is 6.97. The lowest BCUT2D eigenvalue weighted by Gasteiger charge is -2.47. The molecule has 0 N–H and O–H groups in total. The van der Waals surface area contributed by atoms with E-state index in [4.69, 9.17) is 23.2 Å². The van der Waals surface area contributed by atoms with Gasteiger partial charge in [0.1, 0.15) is 11.2 Å². The van der Waals surface area contributed by atoms with Gasteiger partial charge >= 0.3 is 0 Å². The Labute approximate surface area is 197 Å². The molecule has 2 atom stereocenters. The van der Waals surface area contributed by atoms with Crippen LogP contribution in [0.15, 0.2) is 66.9 Å². The average molecular weight is 466 g/mol. The van der Waals surface area contributed by atoms with Crippen molar-refractivity contribution in [3.05, 3.63) is 99.5 Å². The molecule has 0 saturated carbocycles. The van der Waals surface area contributed by atoms with Crippen LogP contribution in [0.1, 0.15) is 48.5 Å². The van der Waals surface area contributed by atoms with Gasteiger partial charge in [-0.05, 0) is 61.1 Å². The van der Waals surface area contributed by atoms with Crippen LogP contribution in [0.4, 0.5) is 4.39 Å². The highest BCUT2D eigenvalue weighted by Crippen LogP contribution is 2.52. The molecule has 0 spiro atoms. The number of nitrogens with zero attached hydrogens (tertiary/aromatic N) is 3. The summed E-state index contributed by atoms with van der Waals surface area (Å²) >= 11 is 13.4. The molecule has 5 rings (SSSR count). The molecule has 2 saturated heterocycles. The number of pyridine rings is 1. The topological polar surface area (TPSA) is 39.9 Å². The molecule has 2 aliphatic heterocycles. The summed E-state index contributed by atoms with van der Waals surface area (Å²) in [5.41, 5.74) is 1.97. The van der Waals surface area contributed by atoms with E-state index >= 15 is 0 Å². The van der Waals surface area contributed by atoms with Gasteiger partial charge in [-0.2, -0.15) is 5.26 Å². The number of benzene rings is 2. The Hall–Kier alpha value is -2.45. The SMILES string of the molecule is N#CC1(c2ccc(F)cn2)CC2CCC(C1)N2C(c1ccccc1Cl)c1ccccc1Cl. The third kappa shape index (κ3) is 3.59. The summed E-state index contributed by atoms with van der Waals surface area (Å²) in [7, 11) is 0. The highest BCUT2D eigenvalue weighted by molar-refractivity contribution is 6.32. The van der Waals surface area contributed by atoms with Gasteiger partial charge in [0.15, 0.2) is 0 Å². The molecule has 3 aromatic rings. The van der Waals surface area contributed by atoms with Crippen LogP contribution in [-0.2, 0) is 5.41 Å². The van der Waals surface area contributed by atoms with Gasteiger partial charge in [0.25, 0.3) is 0 Å². The Morgan fingerprint density at radius 1 is 0.938 bits per heavy atom. The molecule has 6 heteroatoms. The maximum Gasteiger partial charge on any atom is 0.141 e. The quantitative estimate of drug-likeness (QED) is 0.429. The number of nitriles is 1. The second-order valence-corrected chi connectivity index (χ2v) is 9.56. The second kappa shape index (κ2) is 8.48. The molecule has 0 aliphatic carbocycles. The van der Waals surface area contributed by atoms with Crippen LogP contribution in [0, 0.1) is 17.1 Å². The average Bonchev–Trinajstić information content (AvgIpc) is 3.06. The molecule has 162 valence electrons. The van der Waals surface area contributed by atoms with Gasteiger partial charge in [0.05, 0.1) is 24.0 Å². The molecular weight excluding hydrogens is 444 g/mol. The minimum Gasteiger partial charge on any atom is -0.286 e. The van der Waals surface area contributed by atoms with Gasteiger partial charge in [0.2, 0.25) is 0 Å². The van der Waals surface area contributed by atoms with Gasteiger partial charge in [-0.3, -0.25) is 9.88 Å².